The minimum Gasteiger partial charge on any atom is -0.335 e. The molecular weight excluding hydrogens is 515 g/mol. The second-order valence-corrected chi connectivity index (χ2v) is 9.66. The Hall–Kier alpha value is -5.29. The van der Waals surface area contributed by atoms with Crippen molar-refractivity contribution in [1.29, 1.82) is 0 Å². The first-order valence-corrected chi connectivity index (χ1v) is 12.8. The van der Waals surface area contributed by atoms with Crippen molar-refractivity contribution < 1.29 is 9.18 Å². The fourth-order valence-electron chi connectivity index (χ4n) is 4.44. The number of hydrogen-bond acceptors (Lipinski definition) is 7. The molecule has 3 N–H and O–H groups in total. The molecular formula is C28H17FN8OS. The first-order chi connectivity index (χ1) is 19.2. The topological polar surface area (TPSA) is 125 Å². The van der Waals surface area contributed by atoms with E-state index in [1.54, 1.807) is 54.1 Å². The van der Waals surface area contributed by atoms with Gasteiger partial charge in [0, 0.05) is 34.0 Å². The third kappa shape index (κ3) is 4.01. The van der Waals surface area contributed by atoms with Gasteiger partial charge in [0.15, 0.2) is 11.6 Å². The summed E-state index contributed by atoms with van der Waals surface area (Å²) < 4.78 is 16.1. The summed E-state index contributed by atoms with van der Waals surface area (Å²) in [5, 5.41) is 12.2. The molecule has 0 aliphatic heterocycles. The molecule has 1 aromatic carbocycles. The molecule has 0 saturated carbocycles. The van der Waals surface area contributed by atoms with Crippen molar-refractivity contribution in [3.8, 4) is 33.2 Å². The monoisotopic (exact) mass is 532 g/mol. The number of imidazole rings is 1. The van der Waals surface area contributed by atoms with Crippen LogP contribution >= 0.6 is 11.3 Å². The number of nitrogens with zero attached hydrogens (tertiary/aromatic N) is 5. The molecule has 11 heteroatoms. The third-order valence-electron chi connectivity index (χ3n) is 6.26. The number of thiophene rings is 1. The van der Waals surface area contributed by atoms with Crippen molar-refractivity contribution in [2.75, 3.05) is 5.32 Å². The number of H-pyrrole nitrogens is 2. The summed E-state index contributed by atoms with van der Waals surface area (Å²) in [6.45, 7) is 0. The fraction of sp³-hybridized carbons (Fsp3) is 0. The molecule has 0 aliphatic carbocycles. The van der Waals surface area contributed by atoms with Gasteiger partial charge in [-0.1, -0.05) is 24.3 Å². The van der Waals surface area contributed by atoms with Crippen LogP contribution in [0.15, 0.2) is 84.9 Å². The van der Waals surface area contributed by atoms with Gasteiger partial charge >= 0.3 is 0 Å². The van der Waals surface area contributed by atoms with E-state index in [0.29, 0.717) is 39.4 Å². The van der Waals surface area contributed by atoms with Gasteiger partial charge in [-0.05, 0) is 29.6 Å². The molecule has 0 saturated heterocycles. The molecule has 0 atom stereocenters. The number of benzene rings is 1. The summed E-state index contributed by atoms with van der Waals surface area (Å²) in [6.07, 6.45) is 7.95. The number of hydrogen-bond donors (Lipinski definition) is 3. The van der Waals surface area contributed by atoms with Crippen LogP contribution in [0.2, 0.25) is 0 Å². The standard InChI is InChI=1S/C28H17FN8OS/c29-23-22-19(14-32-24(23)16-9-17(11-30-10-16)33-28(38)15-5-2-1-3-6-15)36-37-26(22)27-34-20-13-31-12-18(25(20)35-27)21-7-4-8-39-21/h1-14H,(H,33,38)(H,34,35)(H,36,37). The largest absolute Gasteiger partial charge is 0.335 e. The van der Waals surface area contributed by atoms with Crippen LogP contribution in [-0.4, -0.2) is 41.0 Å². The first kappa shape index (κ1) is 22.9. The van der Waals surface area contributed by atoms with Gasteiger partial charge in [-0.2, -0.15) is 5.10 Å². The molecule has 0 fully saturated rings. The van der Waals surface area contributed by atoms with Crippen molar-refractivity contribution in [2.45, 2.75) is 0 Å². The number of anilines is 1. The molecule has 7 rings (SSSR count). The average molecular weight is 533 g/mol. The number of aromatic amines is 2. The summed E-state index contributed by atoms with van der Waals surface area (Å²) in [6, 6.07) is 14.4. The number of halogens is 1. The van der Waals surface area contributed by atoms with Gasteiger partial charge in [0.05, 0.1) is 40.7 Å². The van der Waals surface area contributed by atoms with Gasteiger partial charge < -0.3 is 10.3 Å². The maximum Gasteiger partial charge on any atom is 0.255 e. The Morgan fingerprint density at radius 2 is 1.79 bits per heavy atom. The molecule has 0 bridgehead atoms. The number of nitrogens with one attached hydrogen (secondary N) is 3. The van der Waals surface area contributed by atoms with E-state index < -0.39 is 5.82 Å². The number of aromatic nitrogens is 7. The highest BCUT2D eigenvalue weighted by atomic mass is 32.1. The van der Waals surface area contributed by atoms with Gasteiger partial charge in [-0.25, -0.2) is 9.37 Å². The molecule has 0 spiro atoms. The Balaban J connectivity index is 1.29. The van der Waals surface area contributed by atoms with Crippen LogP contribution in [0.5, 0.6) is 0 Å². The van der Waals surface area contributed by atoms with E-state index in [4.69, 9.17) is 4.98 Å². The molecule has 6 aromatic heterocycles. The molecule has 188 valence electrons. The summed E-state index contributed by atoms with van der Waals surface area (Å²) >= 11 is 1.59. The average Bonchev–Trinajstić information content (AvgIpc) is 3.73. The normalized spacial score (nSPS) is 11.3. The highest BCUT2D eigenvalue weighted by molar-refractivity contribution is 7.13. The third-order valence-corrected chi connectivity index (χ3v) is 7.16. The predicted octanol–water partition coefficient (Wildman–Crippen LogP) is 6.08. The molecule has 7 aromatic rings. The molecule has 6 heterocycles. The highest BCUT2D eigenvalue weighted by Crippen LogP contribution is 2.35. The van der Waals surface area contributed by atoms with Gasteiger partial charge in [-0.3, -0.25) is 24.8 Å². The minimum atomic E-state index is -0.582. The molecule has 1 amide bonds. The van der Waals surface area contributed by atoms with Gasteiger partial charge in [0.1, 0.15) is 16.9 Å². The lowest BCUT2D eigenvalue weighted by atomic mass is 10.1. The van der Waals surface area contributed by atoms with Gasteiger partial charge in [0.2, 0.25) is 0 Å². The van der Waals surface area contributed by atoms with Crippen molar-refractivity contribution >= 4 is 44.9 Å². The Bertz CT molecular complexity index is 1980. The molecule has 0 unspecified atom stereocenters. The van der Waals surface area contributed by atoms with Crippen LogP contribution in [0, 0.1) is 5.82 Å². The van der Waals surface area contributed by atoms with Crippen LogP contribution in [0.25, 0.3) is 55.2 Å². The fourth-order valence-corrected chi connectivity index (χ4v) is 5.17. The zero-order valence-corrected chi connectivity index (χ0v) is 20.8. The molecule has 39 heavy (non-hydrogen) atoms. The van der Waals surface area contributed by atoms with E-state index in [1.165, 1.54) is 18.6 Å². The summed E-state index contributed by atoms with van der Waals surface area (Å²) in [7, 11) is 0. The number of carbonyl (C=O) groups excluding carboxylic acids is 1. The maximum absolute atomic E-state index is 16.1. The second kappa shape index (κ2) is 9.23. The van der Waals surface area contributed by atoms with E-state index in [0.717, 1.165) is 16.0 Å². The summed E-state index contributed by atoms with van der Waals surface area (Å²) in [4.78, 5) is 34.4. The van der Waals surface area contributed by atoms with Crippen LogP contribution in [0.1, 0.15) is 10.4 Å². The number of amides is 1. The Labute approximate surface area is 223 Å². The second-order valence-electron chi connectivity index (χ2n) is 8.71. The van der Waals surface area contributed by atoms with E-state index in [2.05, 4.69) is 35.5 Å². The van der Waals surface area contributed by atoms with Crippen molar-refractivity contribution in [3.05, 3.63) is 96.3 Å². The SMILES string of the molecule is O=C(Nc1cncc(-c2ncc3[nH]nc(-c4nc5c(-c6cccs6)cncc5[nH]4)c3c2F)c1)c1ccccc1. The number of fused-ring (bicyclic) bond motifs is 2. The summed E-state index contributed by atoms with van der Waals surface area (Å²) in [5.41, 5.74) is 4.46. The first-order valence-electron chi connectivity index (χ1n) is 11.9. The molecule has 0 aliphatic rings. The van der Waals surface area contributed by atoms with Crippen molar-refractivity contribution in [1.82, 2.24) is 35.1 Å². The lowest BCUT2D eigenvalue weighted by Crippen LogP contribution is -2.11. The van der Waals surface area contributed by atoms with Crippen molar-refractivity contribution in [3.63, 3.8) is 0 Å². The number of carbonyl (C=O) groups is 1. The number of pyridine rings is 3. The quantitative estimate of drug-likeness (QED) is 0.247. The summed E-state index contributed by atoms with van der Waals surface area (Å²) in [5.74, 6) is -0.474. The van der Waals surface area contributed by atoms with E-state index in [9.17, 15) is 4.79 Å². The maximum atomic E-state index is 16.1. The van der Waals surface area contributed by atoms with Crippen LogP contribution < -0.4 is 5.32 Å². The number of rotatable bonds is 5. The van der Waals surface area contributed by atoms with Crippen LogP contribution in [-0.2, 0) is 0 Å². The lowest BCUT2D eigenvalue weighted by Gasteiger charge is -2.08. The zero-order chi connectivity index (χ0) is 26.3. The van der Waals surface area contributed by atoms with E-state index in [-0.39, 0.29) is 17.0 Å². The van der Waals surface area contributed by atoms with Gasteiger partial charge in [-0.15, -0.1) is 11.3 Å². The van der Waals surface area contributed by atoms with Crippen molar-refractivity contribution in [2.24, 2.45) is 0 Å². The Morgan fingerprint density at radius 1 is 0.923 bits per heavy atom. The smallest absolute Gasteiger partial charge is 0.255 e. The minimum absolute atomic E-state index is 0.0745. The molecule has 0 radical (unpaired) electrons. The Morgan fingerprint density at radius 3 is 2.64 bits per heavy atom. The van der Waals surface area contributed by atoms with E-state index >= 15 is 4.39 Å². The van der Waals surface area contributed by atoms with Gasteiger partial charge in [0.25, 0.3) is 5.91 Å². The van der Waals surface area contributed by atoms with Crippen LogP contribution in [0.3, 0.4) is 0 Å². The lowest BCUT2D eigenvalue weighted by molar-refractivity contribution is 0.102. The van der Waals surface area contributed by atoms with E-state index in [1.807, 2.05) is 23.6 Å². The predicted molar refractivity (Wildman–Crippen MR) is 148 cm³/mol. The highest BCUT2D eigenvalue weighted by Gasteiger charge is 2.21. The Kier molecular flexibility index (Phi) is 5.41. The molecule has 9 nitrogen and oxygen atoms in total. The van der Waals surface area contributed by atoms with Crippen LogP contribution in [0.4, 0.5) is 10.1 Å². The zero-order valence-electron chi connectivity index (χ0n) is 20.0.